The maximum atomic E-state index is 14.6. The Kier molecular flexibility index (Phi) is 6.07. The first-order valence-corrected chi connectivity index (χ1v) is 11.9. The topological polar surface area (TPSA) is 34.1 Å². The summed E-state index contributed by atoms with van der Waals surface area (Å²) < 4.78 is 14.6. The van der Waals surface area contributed by atoms with E-state index in [1.54, 1.807) is 0 Å². The predicted octanol–water partition coefficient (Wildman–Crippen LogP) is 5.67. The lowest BCUT2D eigenvalue weighted by Crippen LogP contribution is -2.25. The zero-order valence-corrected chi connectivity index (χ0v) is 17.5. The summed E-state index contributed by atoms with van der Waals surface area (Å²) in [6, 6.07) is 38.0. The van der Waals surface area contributed by atoms with E-state index in [-0.39, 0.29) is 11.9 Å². The Morgan fingerprint density at radius 1 is 0.600 bits per heavy atom. The van der Waals surface area contributed by atoms with Gasteiger partial charge in [0.2, 0.25) is 0 Å². The second kappa shape index (κ2) is 9.07. The standard InChI is InChI=1S/C27H23O2P/c28-27(23-15-7-2-8-16-23)26(22-13-5-1-6-14-22)21-30(29,24-17-9-3-10-18-24)25-19-11-4-12-20-25/h1-20,26H,21H2. The molecule has 0 saturated heterocycles. The van der Waals surface area contributed by atoms with Crippen LogP contribution in [0.1, 0.15) is 21.8 Å². The highest BCUT2D eigenvalue weighted by molar-refractivity contribution is 7.78. The highest BCUT2D eigenvalue weighted by Crippen LogP contribution is 2.47. The predicted molar refractivity (Wildman–Crippen MR) is 125 cm³/mol. The van der Waals surface area contributed by atoms with Gasteiger partial charge in [-0.25, -0.2) is 0 Å². The van der Waals surface area contributed by atoms with Gasteiger partial charge in [-0.15, -0.1) is 0 Å². The molecule has 148 valence electrons. The molecule has 4 aromatic rings. The molecule has 0 fully saturated rings. The van der Waals surface area contributed by atoms with Crippen molar-refractivity contribution in [1.82, 2.24) is 0 Å². The number of rotatable bonds is 7. The molecule has 0 aliphatic rings. The normalized spacial score (nSPS) is 12.3. The summed E-state index contributed by atoms with van der Waals surface area (Å²) in [5.41, 5.74) is 1.53. The lowest BCUT2D eigenvalue weighted by molar-refractivity contribution is 0.0967. The average molecular weight is 410 g/mol. The molecule has 0 bridgehead atoms. The molecule has 0 heterocycles. The number of carbonyl (C=O) groups excluding carboxylic acids is 1. The largest absolute Gasteiger partial charge is 0.314 e. The molecule has 4 rings (SSSR count). The minimum absolute atomic E-state index is 0.00566. The highest BCUT2D eigenvalue weighted by atomic mass is 31.2. The van der Waals surface area contributed by atoms with E-state index in [0.717, 1.165) is 16.2 Å². The maximum Gasteiger partial charge on any atom is 0.170 e. The Labute approximate surface area is 177 Å². The van der Waals surface area contributed by atoms with Crippen LogP contribution < -0.4 is 10.6 Å². The van der Waals surface area contributed by atoms with Crippen LogP contribution in [0.2, 0.25) is 0 Å². The van der Waals surface area contributed by atoms with Crippen LogP contribution in [0.4, 0.5) is 0 Å². The van der Waals surface area contributed by atoms with Crippen molar-refractivity contribution in [3.8, 4) is 0 Å². The second-order valence-corrected chi connectivity index (χ2v) is 10.2. The second-order valence-electron chi connectivity index (χ2n) is 7.29. The summed E-state index contributed by atoms with van der Waals surface area (Å²) in [5.74, 6) is -0.506. The first kappa shape index (κ1) is 20.1. The third kappa shape index (κ3) is 4.20. The van der Waals surface area contributed by atoms with Gasteiger partial charge < -0.3 is 4.57 Å². The quantitative estimate of drug-likeness (QED) is 0.291. The van der Waals surface area contributed by atoms with Gasteiger partial charge in [-0.2, -0.15) is 0 Å². The van der Waals surface area contributed by atoms with E-state index in [4.69, 9.17) is 0 Å². The van der Waals surface area contributed by atoms with Crippen LogP contribution in [0.25, 0.3) is 0 Å². The summed E-state index contributed by atoms with van der Waals surface area (Å²) >= 11 is 0. The first-order valence-electron chi connectivity index (χ1n) is 10.0. The smallest absolute Gasteiger partial charge is 0.170 e. The summed E-state index contributed by atoms with van der Waals surface area (Å²) in [6.45, 7) is 0. The van der Waals surface area contributed by atoms with Crippen molar-refractivity contribution in [2.75, 3.05) is 6.16 Å². The van der Waals surface area contributed by atoms with E-state index < -0.39 is 13.1 Å². The first-order chi connectivity index (χ1) is 14.7. The molecule has 0 amide bonds. The zero-order valence-electron chi connectivity index (χ0n) is 16.6. The van der Waals surface area contributed by atoms with Gasteiger partial charge in [0.1, 0.15) is 7.14 Å². The van der Waals surface area contributed by atoms with E-state index in [0.29, 0.717) is 5.56 Å². The molecule has 2 nitrogen and oxygen atoms in total. The van der Waals surface area contributed by atoms with Crippen LogP contribution in [-0.4, -0.2) is 11.9 Å². The summed E-state index contributed by atoms with van der Waals surface area (Å²) in [5, 5.41) is 1.55. The van der Waals surface area contributed by atoms with E-state index in [1.165, 1.54) is 0 Å². The van der Waals surface area contributed by atoms with Gasteiger partial charge in [0.15, 0.2) is 5.78 Å². The van der Waals surface area contributed by atoms with Gasteiger partial charge in [-0.1, -0.05) is 121 Å². The molecule has 30 heavy (non-hydrogen) atoms. The number of Topliss-reactive ketones (excluding diaryl/α,β-unsaturated/α-hetero) is 1. The fraction of sp³-hybridized carbons (Fsp3) is 0.0741. The van der Waals surface area contributed by atoms with Crippen molar-refractivity contribution in [2.24, 2.45) is 0 Å². The number of benzene rings is 4. The molecule has 1 atom stereocenters. The van der Waals surface area contributed by atoms with Crippen LogP contribution in [0.3, 0.4) is 0 Å². The minimum Gasteiger partial charge on any atom is -0.314 e. The highest BCUT2D eigenvalue weighted by Gasteiger charge is 2.34. The molecule has 0 saturated carbocycles. The molecule has 0 N–H and O–H groups in total. The number of ketones is 1. The Morgan fingerprint density at radius 3 is 1.47 bits per heavy atom. The van der Waals surface area contributed by atoms with Crippen LogP contribution in [0.5, 0.6) is 0 Å². The van der Waals surface area contributed by atoms with E-state index in [1.807, 2.05) is 121 Å². The Morgan fingerprint density at radius 2 is 1.00 bits per heavy atom. The third-order valence-corrected chi connectivity index (χ3v) is 8.51. The summed E-state index contributed by atoms with van der Waals surface area (Å²) in [6.07, 6.45) is 0.249. The summed E-state index contributed by atoms with van der Waals surface area (Å²) in [7, 11) is -3.04. The number of hydrogen-bond acceptors (Lipinski definition) is 2. The Hall–Kier alpha value is -3.22. The van der Waals surface area contributed by atoms with Gasteiger partial charge in [-0.3, -0.25) is 4.79 Å². The number of carbonyl (C=O) groups is 1. The molecule has 0 aliphatic heterocycles. The van der Waals surface area contributed by atoms with Gasteiger partial charge in [0.25, 0.3) is 0 Å². The van der Waals surface area contributed by atoms with E-state index >= 15 is 0 Å². The minimum atomic E-state index is -3.04. The van der Waals surface area contributed by atoms with Crippen molar-refractivity contribution in [3.63, 3.8) is 0 Å². The van der Waals surface area contributed by atoms with Crippen LogP contribution in [0.15, 0.2) is 121 Å². The number of hydrogen-bond donors (Lipinski definition) is 0. The maximum absolute atomic E-state index is 14.6. The zero-order chi connectivity index (χ0) is 20.8. The Bertz CT molecular complexity index is 1100. The fourth-order valence-corrected chi connectivity index (χ4v) is 6.70. The van der Waals surface area contributed by atoms with Crippen LogP contribution in [-0.2, 0) is 4.57 Å². The monoisotopic (exact) mass is 410 g/mol. The molecule has 0 radical (unpaired) electrons. The molecular weight excluding hydrogens is 387 g/mol. The summed E-state index contributed by atoms with van der Waals surface area (Å²) in [4.78, 5) is 13.6. The molecule has 4 aromatic carbocycles. The Balaban J connectivity index is 1.83. The van der Waals surface area contributed by atoms with Crippen LogP contribution >= 0.6 is 7.14 Å². The van der Waals surface area contributed by atoms with E-state index in [2.05, 4.69) is 0 Å². The molecule has 1 unspecified atom stereocenters. The average Bonchev–Trinajstić information content (AvgIpc) is 2.84. The molecule has 0 aromatic heterocycles. The van der Waals surface area contributed by atoms with Crippen molar-refractivity contribution >= 4 is 23.5 Å². The molecule has 3 heteroatoms. The van der Waals surface area contributed by atoms with Gasteiger partial charge in [0.05, 0.1) is 5.92 Å². The van der Waals surface area contributed by atoms with Crippen molar-refractivity contribution in [2.45, 2.75) is 5.92 Å². The fourth-order valence-electron chi connectivity index (χ4n) is 3.78. The van der Waals surface area contributed by atoms with Crippen molar-refractivity contribution in [3.05, 3.63) is 132 Å². The van der Waals surface area contributed by atoms with Crippen LogP contribution in [0, 0.1) is 0 Å². The molecule has 0 spiro atoms. The molecule has 0 aliphatic carbocycles. The third-order valence-electron chi connectivity index (χ3n) is 5.36. The molecular formula is C27H23O2P. The van der Waals surface area contributed by atoms with Gasteiger partial charge in [0, 0.05) is 22.3 Å². The van der Waals surface area contributed by atoms with Gasteiger partial charge >= 0.3 is 0 Å². The van der Waals surface area contributed by atoms with Crippen molar-refractivity contribution < 1.29 is 9.36 Å². The SMILES string of the molecule is O=C(c1ccccc1)C(CP(=O)(c1ccccc1)c1ccccc1)c1ccccc1. The lowest BCUT2D eigenvalue weighted by Gasteiger charge is -2.25. The van der Waals surface area contributed by atoms with Gasteiger partial charge in [-0.05, 0) is 5.56 Å². The lowest BCUT2D eigenvalue weighted by atomic mass is 9.92. The van der Waals surface area contributed by atoms with Crippen molar-refractivity contribution in [1.29, 1.82) is 0 Å². The van der Waals surface area contributed by atoms with E-state index in [9.17, 15) is 9.36 Å².